The van der Waals surface area contributed by atoms with Crippen LogP contribution >= 0.6 is 0 Å². The van der Waals surface area contributed by atoms with Crippen LogP contribution in [0.2, 0.25) is 0 Å². The molecule has 1 heterocycles. The Kier molecular flexibility index (Phi) is 2.81. The SMILES string of the molecule is c1coc(C2CCc3ccc4c(ccc5ccccc54)c3C2)c1. The van der Waals surface area contributed by atoms with Gasteiger partial charge in [0.25, 0.3) is 0 Å². The molecule has 1 heteroatoms. The minimum absolute atomic E-state index is 0.509. The first-order chi connectivity index (χ1) is 11.4. The van der Waals surface area contributed by atoms with E-state index in [4.69, 9.17) is 4.42 Å². The zero-order valence-electron chi connectivity index (χ0n) is 13.0. The third-order valence-electron chi connectivity index (χ3n) is 5.29. The van der Waals surface area contributed by atoms with Gasteiger partial charge < -0.3 is 4.42 Å². The first-order valence-electron chi connectivity index (χ1n) is 8.36. The van der Waals surface area contributed by atoms with Gasteiger partial charge in [-0.05, 0) is 64.1 Å². The standard InChI is InChI=1S/C22H18O/c1-2-5-18-15(4-1)9-12-20-19(18)11-10-16-7-8-17(14-21(16)20)22-6-3-13-23-22/h1-6,9-13,17H,7-8,14H2. The van der Waals surface area contributed by atoms with Gasteiger partial charge in [-0.1, -0.05) is 48.5 Å². The summed E-state index contributed by atoms with van der Waals surface area (Å²) >= 11 is 0. The Balaban J connectivity index is 1.72. The van der Waals surface area contributed by atoms with Gasteiger partial charge in [-0.15, -0.1) is 0 Å². The molecule has 112 valence electrons. The predicted octanol–water partition coefficient (Wildman–Crippen LogP) is 5.86. The van der Waals surface area contributed by atoms with E-state index in [9.17, 15) is 0 Å². The summed E-state index contributed by atoms with van der Waals surface area (Å²) in [6.07, 6.45) is 5.20. The lowest BCUT2D eigenvalue weighted by Crippen LogP contribution is -2.12. The Hall–Kier alpha value is -2.54. The number of benzene rings is 3. The maximum atomic E-state index is 5.67. The quantitative estimate of drug-likeness (QED) is 0.401. The third-order valence-corrected chi connectivity index (χ3v) is 5.29. The van der Waals surface area contributed by atoms with Crippen molar-refractivity contribution in [2.75, 3.05) is 0 Å². The number of aryl methyl sites for hydroxylation is 1. The second kappa shape index (κ2) is 4.99. The van der Waals surface area contributed by atoms with Crippen molar-refractivity contribution in [1.82, 2.24) is 0 Å². The molecule has 0 spiro atoms. The number of rotatable bonds is 1. The van der Waals surface area contributed by atoms with Crippen LogP contribution in [0.1, 0.15) is 29.2 Å². The van der Waals surface area contributed by atoms with E-state index in [1.807, 2.05) is 6.07 Å². The van der Waals surface area contributed by atoms with Gasteiger partial charge in [-0.3, -0.25) is 0 Å². The van der Waals surface area contributed by atoms with Crippen LogP contribution in [0.3, 0.4) is 0 Å². The van der Waals surface area contributed by atoms with Crippen molar-refractivity contribution in [3.8, 4) is 0 Å². The van der Waals surface area contributed by atoms with E-state index in [2.05, 4.69) is 54.6 Å². The lowest BCUT2D eigenvalue weighted by molar-refractivity contribution is 0.435. The summed E-state index contributed by atoms with van der Waals surface area (Å²) in [6.45, 7) is 0. The van der Waals surface area contributed by atoms with Crippen molar-refractivity contribution in [3.05, 3.63) is 83.8 Å². The van der Waals surface area contributed by atoms with Crippen LogP contribution < -0.4 is 0 Å². The van der Waals surface area contributed by atoms with E-state index in [0.29, 0.717) is 5.92 Å². The molecule has 0 fully saturated rings. The van der Waals surface area contributed by atoms with Crippen LogP contribution in [-0.4, -0.2) is 0 Å². The second-order valence-electron chi connectivity index (χ2n) is 6.54. The van der Waals surface area contributed by atoms with Gasteiger partial charge in [0, 0.05) is 5.92 Å². The largest absolute Gasteiger partial charge is 0.469 e. The minimum Gasteiger partial charge on any atom is -0.469 e. The van der Waals surface area contributed by atoms with E-state index in [-0.39, 0.29) is 0 Å². The highest BCUT2D eigenvalue weighted by atomic mass is 16.3. The van der Waals surface area contributed by atoms with Crippen molar-refractivity contribution in [3.63, 3.8) is 0 Å². The molecule has 5 rings (SSSR count). The van der Waals surface area contributed by atoms with E-state index in [0.717, 1.165) is 18.6 Å². The van der Waals surface area contributed by atoms with Crippen LogP contribution in [0.15, 0.2) is 71.3 Å². The van der Waals surface area contributed by atoms with Gasteiger partial charge in [0.05, 0.1) is 6.26 Å². The molecule has 0 saturated heterocycles. The van der Waals surface area contributed by atoms with Gasteiger partial charge in [0.15, 0.2) is 0 Å². The van der Waals surface area contributed by atoms with E-state index >= 15 is 0 Å². The third kappa shape index (κ3) is 2.00. The predicted molar refractivity (Wildman–Crippen MR) is 94.9 cm³/mol. The smallest absolute Gasteiger partial charge is 0.107 e. The summed E-state index contributed by atoms with van der Waals surface area (Å²) in [6, 6.07) is 22.0. The van der Waals surface area contributed by atoms with Crippen LogP contribution in [0.4, 0.5) is 0 Å². The summed E-state index contributed by atoms with van der Waals surface area (Å²) in [5.74, 6) is 1.64. The van der Waals surface area contributed by atoms with Gasteiger partial charge >= 0.3 is 0 Å². The Morgan fingerprint density at radius 3 is 2.61 bits per heavy atom. The van der Waals surface area contributed by atoms with Crippen molar-refractivity contribution in [1.29, 1.82) is 0 Å². The molecule has 23 heavy (non-hydrogen) atoms. The number of hydrogen-bond acceptors (Lipinski definition) is 1. The van der Waals surface area contributed by atoms with Crippen molar-refractivity contribution in [2.45, 2.75) is 25.2 Å². The average molecular weight is 298 g/mol. The van der Waals surface area contributed by atoms with Crippen LogP contribution in [0.5, 0.6) is 0 Å². The number of hydrogen-bond donors (Lipinski definition) is 0. The highest BCUT2D eigenvalue weighted by Crippen LogP contribution is 2.38. The summed E-state index contributed by atoms with van der Waals surface area (Å²) in [5.41, 5.74) is 3.02. The summed E-state index contributed by atoms with van der Waals surface area (Å²) in [5, 5.41) is 5.46. The summed E-state index contributed by atoms with van der Waals surface area (Å²) < 4.78 is 5.67. The lowest BCUT2D eigenvalue weighted by atomic mass is 9.80. The molecular weight excluding hydrogens is 280 g/mol. The molecule has 1 atom stereocenters. The molecule has 0 radical (unpaired) electrons. The zero-order chi connectivity index (χ0) is 15.2. The molecular formula is C22H18O. The molecule has 0 amide bonds. The Morgan fingerprint density at radius 2 is 1.70 bits per heavy atom. The van der Waals surface area contributed by atoms with E-state index in [1.54, 1.807) is 6.26 Å². The van der Waals surface area contributed by atoms with E-state index < -0.39 is 0 Å². The van der Waals surface area contributed by atoms with Gasteiger partial charge in [0.2, 0.25) is 0 Å². The molecule has 0 aliphatic heterocycles. The lowest BCUT2D eigenvalue weighted by Gasteiger charge is -2.25. The Bertz CT molecular complexity index is 995. The van der Waals surface area contributed by atoms with Crippen LogP contribution in [0.25, 0.3) is 21.5 Å². The molecule has 1 aliphatic rings. The maximum absolute atomic E-state index is 5.67. The van der Waals surface area contributed by atoms with E-state index in [1.165, 1.54) is 39.1 Å². The molecule has 0 N–H and O–H groups in total. The molecule has 1 unspecified atom stereocenters. The summed E-state index contributed by atoms with van der Waals surface area (Å²) in [4.78, 5) is 0. The Morgan fingerprint density at radius 1 is 0.783 bits per heavy atom. The van der Waals surface area contributed by atoms with Crippen molar-refractivity contribution < 1.29 is 4.42 Å². The van der Waals surface area contributed by atoms with Crippen LogP contribution in [-0.2, 0) is 12.8 Å². The first-order valence-corrected chi connectivity index (χ1v) is 8.36. The first kappa shape index (κ1) is 13.0. The summed E-state index contributed by atoms with van der Waals surface area (Å²) in [7, 11) is 0. The maximum Gasteiger partial charge on any atom is 0.107 e. The van der Waals surface area contributed by atoms with Crippen molar-refractivity contribution in [2.24, 2.45) is 0 Å². The van der Waals surface area contributed by atoms with Crippen LogP contribution in [0, 0.1) is 0 Å². The Labute approximate surface area is 135 Å². The normalized spacial score (nSPS) is 17.5. The fraction of sp³-hybridized carbons (Fsp3) is 0.182. The monoisotopic (exact) mass is 298 g/mol. The molecule has 4 aromatic rings. The topological polar surface area (TPSA) is 13.1 Å². The minimum atomic E-state index is 0.509. The fourth-order valence-electron chi connectivity index (χ4n) is 4.12. The second-order valence-corrected chi connectivity index (χ2v) is 6.54. The van der Waals surface area contributed by atoms with Gasteiger partial charge in [-0.25, -0.2) is 0 Å². The average Bonchev–Trinajstić information content (AvgIpc) is 3.15. The molecule has 1 aliphatic carbocycles. The molecule has 0 bridgehead atoms. The molecule has 0 saturated carbocycles. The number of fused-ring (bicyclic) bond motifs is 5. The molecule has 3 aromatic carbocycles. The molecule has 1 nitrogen and oxygen atoms in total. The van der Waals surface area contributed by atoms with Gasteiger partial charge in [0.1, 0.15) is 5.76 Å². The highest BCUT2D eigenvalue weighted by Gasteiger charge is 2.23. The number of furan rings is 1. The zero-order valence-corrected chi connectivity index (χ0v) is 13.0. The van der Waals surface area contributed by atoms with Crippen molar-refractivity contribution >= 4 is 21.5 Å². The molecule has 1 aromatic heterocycles. The fourth-order valence-corrected chi connectivity index (χ4v) is 4.12. The van der Waals surface area contributed by atoms with Gasteiger partial charge in [-0.2, -0.15) is 0 Å². The highest BCUT2D eigenvalue weighted by molar-refractivity contribution is 6.08.